The Morgan fingerprint density at radius 2 is 1.09 bits per heavy atom. The van der Waals surface area contributed by atoms with Gasteiger partial charge in [-0.25, -0.2) is 0 Å². The SMILES string of the molecule is O=S(=O)(O)[Se]S(=O)(=O)O.[Cd].[Zr]. The van der Waals surface area contributed by atoms with Crippen LogP contribution in [-0.2, 0) is 70.6 Å². The van der Waals surface area contributed by atoms with E-state index in [0.717, 1.165) is 0 Å². The Labute approximate surface area is 108 Å². The van der Waals surface area contributed by atoms with E-state index in [0.29, 0.717) is 0 Å². The summed E-state index contributed by atoms with van der Waals surface area (Å²) in [6, 6.07) is 0. The van der Waals surface area contributed by atoms with Crippen LogP contribution < -0.4 is 0 Å². The minimum Gasteiger partial charge on any atom is 0 e. The summed E-state index contributed by atoms with van der Waals surface area (Å²) < 4.78 is 54.4. The van der Waals surface area contributed by atoms with Crippen molar-refractivity contribution < 1.29 is 79.4 Å². The molecule has 0 saturated carbocycles. The monoisotopic (exact) mass is 446 g/mol. The molecule has 62 valence electrons. The fourth-order valence-corrected chi connectivity index (χ4v) is 5.08. The first kappa shape index (κ1) is 18.8. The minimum atomic E-state index is -4.56. The van der Waals surface area contributed by atoms with Gasteiger partial charge in [-0.2, -0.15) is 0 Å². The fraction of sp³-hybridized carbons (Fsp3) is 0. The molecule has 11 heteroatoms. The molecule has 0 rings (SSSR count). The van der Waals surface area contributed by atoms with Gasteiger partial charge in [0.25, 0.3) is 0 Å². The molecule has 0 atom stereocenters. The largest absolute Gasteiger partial charge is 0 e. The van der Waals surface area contributed by atoms with Crippen molar-refractivity contribution in [1.29, 1.82) is 0 Å². The van der Waals surface area contributed by atoms with Gasteiger partial charge in [0.15, 0.2) is 0 Å². The molecule has 2 N–H and O–H groups in total. The van der Waals surface area contributed by atoms with Crippen molar-refractivity contribution in [1.82, 2.24) is 0 Å². The van der Waals surface area contributed by atoms with Crippen LogP contribution >= 0.6 is 0 Å². The van der Waals surface area contributed by atoms with E-state index in [9.17, 15) is 16.8 Å². The van der Waals surface area contributed by atoms with Crippen molar-refractivity contribution in [2.45, 2.75) is 0 Å². The second kappa shape index (κ2) is 6.58. The first-order valence-corrected chi connectivity index (χ1v) is 8.29. The Balaban J connectivity index is -0.000000320. The molecular weight excluding hydrogens is 443 g/mol. The van der Waals surface area contributed by atoms with Crippen molar-refractivity contribution in [3.05, 3.63) is 0 Å². The normalized spacial score (nSPS) is 11.1. The topological polar surface area (TPSA) is 109 Å². The van der Waals surface area contributed by atoms with Crippen LogP contribution in [0.5, 0.6) is 0 Å². The molecule has 0 aromatic rings. The Kier molecular flexibility index (Phi) is 11.3. The van der Waals surface area contributed by atoms with E-state index < -0.39 is 29.8 Å². The van der Waals surface area contributed by atoms with Gasteiger partial charge in [0.2, 0.25) is 0 Å². The predicted octanol–water partition coefficient (Wildman–Crippen LogP) is -1.71. The van der Waals surface area contributed by atoms with E-state index in [1.54, 1.807) is 0 Å². The zero-order chi connectivity index (χ0) is 7.71. The van der Waals surface area contributed by atoms with Gasteiger partial charge >= 0.3 is 55.7 Å². The van der Waals surface area contributed by atoms with Crippen molar-refractivity contribution in [3.63, 3.8) is 0 Å². The molecule has 6 nitrogen and oxygen atoms in total. The predicted molar refractivity (Wildman–Crippen MR) is 28.9 cm³/mol. The van der Waals surface area contributed by atoms with E-state index in [1.165, 1.54) is 0 Å². The molecule has 0 aliphatic heterocycles. The molecule has 0 aliphatic carbocycles. The van der Waals surface area contributed by atoms with Gasteiger partial charge in [-0.3, -0.25) is 0 Å². The Morgan fingerprint density at radius 1 is 0.909 bits per heavy atom. The van der Waals surface area contributed by atoms with E-state index >= 15 is 0 Å². The maximum atomic E-state index is 9.69. The molecule has 0 spiro atoms. The first-order chi connectivity index (χ1) is 3.71. The summed E-state index contributed by atoms with van der Waals surface area (Å²) >= 11 is -2.19. The van der Waals surface area contributed by atoms with Crippen LogP contribution in [-0.4, -0.2) is 38.7 Å². The smallest absolute Gasteiger partial charge is 0 e. The van der Waals surface area contributed by atoms with Gasteiger partial charge in [-0.05, 0) is 0 Å². The van der Waals surface area contributed by atoms with Gasteiger partial charge < -0.3 is 0 Å². The Hall–Kier alpha value is 2.14. The standard InChI is InChI=1S/Cd.H2O6S2Se.Zr/c;1-7(2,3)9-8(4,5)6;/h;(H,1,2,3)(H,4,5,6);. The third-order valence-electron chi connectivity index (χ3n) is 0.172. The molecule has 0 unspecified atom stereocenters. The molecule has 0 aromatic carbocycles. The summed E-state index contributed by atoms with van der Waals surface area (Å²) in [5.74, 6) is 0. The Bertz CT molecular complexity index is 246. The van der Waals surface area contributed by atoms with E-state index in [-0.39, 0.29) is 53.5 Å². The van der Waals surface area contributed by atoms with Crippen molar-refractivity contribution in [3.8, 4) is 0 Å². The van der Waals surface area contributed by atoms with Crippen LogP contribution in [0, 0.1) is 0 Å². The van der Waals surface area contributed by atoms with Gasteiger partial charge in [0.1, 0.15) is 0 Å². The van der Waals surface area contributed by atoms with Crippen LogP contribution in [0.2, 0.25) is 0 Å². The Morgan fingerprint density at radius 3 is 1.09 bits per heavy atom. The quantitative estimate of drug-likeness (QED) is 0.388. The maximum Gasteiger partial charge on any atom is 0 e. The van der Waals surface area contributed by atoms with Gasteiger partial charge in [0, 0.05) is 53.5 Å². The summed E-state index contributed by atoms with van der Waals surface area (Å²) in [4.78, 5) is 0. The second-order valence-corrected chi connectivity index (χ2v) is 11.1. The molecule has 0 bridgehead atoms. The zero-order valence-corrected chi connectivity index (χ0v) is 14.8. The van der Waals surface area contributed by atoms with Gasteiger partial charge in [0.05, 0.1) is 0 Å². The molecule has 0 heterocycles. The fourth-order valence-electron chi connectivity index (χ4n) is 0.109. The van der Waals surface area contributed by atoms with Crippen LogP contribution in [0.3, 0.4) is 0 Å². The third kappa shape index (κ3) is 18.8. The second-order valence-electron chi connectivity index (χ2n) is 0.924. The molecule has 0 aromatic heterocycles. The van der Waals surface area contributed by atoms with Crippen molar-refractivity contribution in [2.75, 3.05) is 0 Å². The molecular formula is H2CdO6S2SeZr. The van der Waals surface area contributed by atoms with E-state index in [4.69, 9.17) is 9.11 Å². The maximum absolute atomic E-state index is 9.69. The number of hydrogen-bond acceptors (Lipinski definition) is 4. The summed E-state index contributed by atoms with van der Waals surface area (Å²) in [6.07, 6.45) is 0. The zero-order valence-electron chi connectivity index (χ0n) is 4.96. The summed E-state index contributed by atoms with van der Waals surface area (Å²) in [6.45, 7) is 0. The minimum absolute atomic E-state index is 0. The average molecular weight is 445 g/mol. The van der Waals surface area contributed by atoms with Gasteiger partial charge in [-0.15, -0.1) is 0 Å². The first-order valence-electron chi connectivity index (χ1n) is 1.37. The number of rotatable bonds is 2. The van der Waals surface area contributed by atoms with Gasteiger partial charge in [-0.1, -0.05) is 0 Å². The molecule has 0 saturated heterocycles. The molecule has 0 amide bonds. The molecule has 0 fully saturated rings. The molecule has 11 heavy (non-hydrogen) atoms. The third-order valence-corrected chi connectivity index (χ3v) is 8.04. The van der Waals surface area contributed by atoms with Crippen LogP contribution in [0.15, 0.2) is 0 Å². The van der Waals surface area contributed by atoms with E-state index in [1.807, 2.05) is 0 Å². The van der Waals surface area contributed by atoms with Crippen LogP contribution in [0.4, 0.5) is 0 Å². The summed E-state index contributed by atoms with van der Waals surface area (Å²) in [5.41, 5.74) is 0. The van der Waals surface area contributed by atoms with Crippen molar-refractivity contribution in [2.24, 2.45) is 0 Å². The number of hydrogen-bond donors (Lipinski definition) is 2. The van der Waals surface area contributed by atoms with Crippen molar-refractivity contribution >= 4 is 29.8 Å². The van der Waals surface area contributed by atoms with Crippen LogP contribution in [0.1, 0.15) is 0 Å². The average Bonchev–Trinajstić information content (AvgIpc) is 1.14. The summed E-state index contributed by atoms with van der Waals surface area (Å²) in [7, 11) is -9.11. The molecule has 0 radical (unpaired) electrons. The molecule has 0 aliphatic rings. The van der Waals surface area contributed by atoms with E-state index in [2.05, 4.69) is 0 Å². The van der Waals surface area contributed by atoms with Crippen LogP contribution in [0.25, 0.3) is 0 Å². The summed E-state index contributed by atoms with van der Waals surface area (Å²) in [5, 5.41) is 0.